The lowest BCUT2D eigenvalue weighted by molar-refractivity contribution is 0.0231. The fourth-order valence-electron chi connectivity index (χ4n) is 2.65. The van der Waals surface area contributed by atoms with Crippen LogP contribution in [0.15, 0.2) is 4.99 Å². The van der Waals surface area contributed by atoms with Gasteiger partial charge < -0.3 is 20.3 Å². The van der Waals surface area contributed by atoms with Gasteiger partial charge in [0.1, 0.15) is 5.60 Å². The Bertz CT molecular complexity index is 418. The van der Waals surface area contributed by atoms with Gasteiger partial charge in [0.05, 0.1) is 0 Å². The first-order valence-electron chi connectivity index (χ1n) is 9.23. The van der Waals surface area contributed by atoms with E-state index in [-0.39, 0.29) is 36.1 Å². The number of nitrogens with zero attached hydrogens (tertiary/aromatic N) is 2. The van der Waals surface area contributed by atoms with Crippen LogP contribution in [0.5, 0.6) is 0 Å². The molecule has 0 bridgehead atoms. The molecule has 0 radical (unpaired) electrons. The zero-order valence-corrected chi connectivity index (χ0v) is 19.1. The molecule has 1 fully saturated rings. The highest BCUT2D eigenvalue weighted by molar-refractivity contribution is 14.0. The molecule has 0 aliphatic heterocycles. The Balaban J connectivity index is 0.00000576. The summed E-state index contributed by atoms with van der Waals surface area (Å²) in [5, 5.41) is 6.81. The van der Waals surface area contributed by atoms with Crippen molar-refractivity contribution in [1.82, 2.24) is 15.5 Å². The van der Waals surface area contributed by atoms with Gasteiger partial charge in [-0.15, -0.1) is 24.0 Å². The van der Waals surface area contributed by atoms with E-state index in [1.165, 1.54) is 25.7 Å². The summed E-state index contributed by atoms with van der Waals surface area (Å²) in [5.41, 5.74) is -0.466. The van der Waals surface area contributed by atoms with Gasteiger partial charge in [0.15, 0.2) is 5.96 Å². The van der Waals surface area contributed by atoms with Gasteiger partial charge in [-0.05, 0) is 53.9 Å². The van der Waals surface area contributed by atoms with Crippen LogP contribution in [-0.4, -0.2) is 54.8 Å². The van der Waals surface area contributed by atoms with Gasteiger partial charge in [0.25, 0.3) is 0 Å². The fraction of sp³-hybridized carbons (Fsp3) is 0.889. The zero-order valence-electron chi connectivity index (χ0n) is 16.7. The second kappa shape index (κ2) is 11.8. The number of carbonyl (C=O) groups is 1. The highest BCUT2D eigenvalue weighted by Gasteiger charge is 2.22. The molecule has 1 rings (SSSR count). The summed E-state index contributed by atoms with van der Waals surface area (Å²) in [7, 11) is 1.78. The van der Waals surface area contributed by atoms with E-state index < -0.39 is 5.60 Å². The molecule has 2 N–H and O–H groups in total. The number of rotatable bonds is 6. The molecule has 1 aliphatic carbocycles. The molecule has 0 aromatic heterocycles. The maximum atomic E-state index is 12.1. The molecule has 25 heavy (non-hydrogen) atoms. The van der Waals surface area contributed by atoms with E-state index in [2.05, 4.69) is 22.5 Å². The van der Waals surface area contributed by atoms with Crippen LogP contribution in [-0.2, 0) is 4.74 Å². The minimum absolute atomic E-state index is 0. The van der Waals surface area contributed by atoms with E-state index in [9.17, 15) is 4.79 Å². The number of carbonyl (C=O) groups excluding carboxylic acids is 1. The zero-order chi connectivity index (χ0) is 18.2. The third-order valence-corrected chi connectivity index (χ3v) is 4.20. The van der Waals surface area contributed by atoms with Crippen LogP contribution in [0.1, 0.15) is 66.7 Å². The molecule has 1 atom stereocenters. The summed E-state index contributed by atoms with van der Waals surface area (Å²) < 4.78 is 5.40. The van der Waals surface area contributed by atoms with Gasteiger partial charge in [0, 0.05) is 32.2 Å². The number of nitrogens with one attached hydrogen (secondary N) is 2. The molecule has 1 unspecified atom stereocenters. The van der Waals surface area contributed by atoms with Crippen LogP contribution in [0.25, 0.3) is 0 Å². The molecule has 1 amide bonds. The number of hydrogen-bond acceptors (Lipinski definition) is 3. The van der Waals surface area contributed by atoms with Crippen LogP contribution >= 0.6 is 24.0 Å². The van der Waals surface area contributed by atoms with Crippen molar-refractivity contribution in [3.63, 3.8) is 0 Å². The van der Waals surface area contributed by atoms with Crippen LogP contribution in [0.3, 0.4) is 0 Å². The maximum Gasteiger partial charge on any atom is 0.410 e. The maximum absolute atomic E-state index is 12.1. The molecule has 0 spiro atoms. The fourth-order valence-corrected chi connectivity index (χ4v) is 2.65. The second-order valence-electron chi connectivity index (χ2n) is 7.62. The SMILES string of the molecule is CCNC(=NCCC(C)N(C)C(=O)OC(C)(C)C)NC1CCCC1.I. The predicted molar refractivity (Wildman–Crippen MR) is 115 cm³/mol. The van der Waals surface area contributed by atoms with Crippen molar-refractivity contribution >= 4 is 36.0 Å². The number of amides is 1. The minimum Gasteiger partial charge on any atom is -0.444 e. The molecule has 7 heteroatoms. The Morgan fingerprint density at radius 3 is 2.44 bits per heavy atom. The lowest BCUT2D eigenvalue weighted by Crippen LogP contribution is -2.43. The molecular formula is C18H37IN4O2. The van der Waals surface area contributed by atoms with Crippen molar-refractivity contribution in [2.24, 2.45) is 4.99 Å². The molecular weight excluding hydrogens is 431 g/mol. The van der Waals surface area contributed by atoms with E-state index in [4.69, 9.17) is 4.74 Å². The molecule has 148 valence electrons. The van der Waals surface area contributed by atoms with Gasteiger partial charge >= 0.3 is 6.09 Å². The summed E-state index contributed by atoms with van der Waals surface area (Å²) >= 11 is 0. The molecule has 0 saturated heterocycles. The Morgan fingerprint density at radius 1 is 1.32 bits per heavy atom. The van der Waals surface area contributed by atoms with Crippen molar-refractivity contribution in [1.29, 1.82) is 0 Å². The number of guanidine groups is 1. The monoisotopic (exact) mass is 468 g/mol. The summed E-state index contributed by atoms with van der Waals surface area (Å²) in [5.74, 6) is 0.886. The van der Waals surface area contributed by atoms with Crippen LogP contribution in [0, 0.1) is 0 Å². The molecule has 1 aliphatic rings. The summed E-state index contributed by atoms with van der Waals surface area (Å²) in [6.07, 6.45) is 5.57. The first-order chi connectivity index (χ1) is 11.2. The molecule has 0 heterocycles. The lowest BCUT2D eigenvalue weighted by atomic mass is 10.2. The first-order valence-corrected chi connectivity index (χ1v) is 9.23. The van der Waals surface area contributed by atoms with E-state index in [0.717, 1.165) is 18.9 Å². The van der Waals surface area contributed by atoms with Crippen LogP contribution in [0.4, 0.5) is 4.79 Å². The molecule has 0 aromatic carbocycles. The average molecular weight is 468 g/mol. The smallest absolute Gasteiger partial charge is 0.410 e. The van der Waals surface area contributed by atoms with Crippen LogP contribution < -0.4 is 10.6 Å². The Hall–Kier alpha value is -0.730. The summed E-state index contributed by atoms with van der Waals surface area (Å²) in [4.78, 5) is 18.4. The van der Waals surface area contributed by atoms with Crippen molar-refractivity contribution in [2.75, 3.05) is 20.1 Å². The van der Waals surface area contributed by atoms with Crippen molar-refractivity contribution in [3.05, 3.63) is 0 Å². The highest BCUT2D eigenvalue weighted by atomic mass is 127. The van der Waals surface area contributed by atoms with E-state index in [1.54, 1.807) is 11.9 Å². The third kappa shape index (κ3) is 10.1. The third-order valence-electron chi connectivity index (χ3n) is 4.20. The summed E-state index contributed by atoms with van der Waals surface area (Å²) in [6.45, 7) is 11.3. The van der Waals surface area contributed by atoms with E-state index >= 15 is 0 Å². The lowest BCUT2D eigenvalue weighted by Gasteiger charge is -2.28. The van der Waals surface area contributed by atoms with E-state index in [0.29, 0.717) is 12.6 Å². The largest absolute Gasteiger partial charge is 0.444 e. The quantitative estimate of drug-likeness (QED) is 0.354. The highest BCUT2D eigenvalue weighted by Crippen LogP contribution is 2.17. The topological polar surface area (TPSA) is 66.0 Å². The Labute approximate surface area is 170 Å². The minimum atomic E-state index is -0.466. The van der Waals surface area contributed by atoms with Gasteiger partial charge in [-0.3, -0.25) is 4.99 Å². The van der Waals surface area contributed by atoms with Gasteiger partial charge in [-0.25, -0.2) is 4.79 Å². The number of ether oxygens (including phenoxy) is 1. The van der Waals surface area contributed by atoms with Gasteiger partial charge in [0.2, 0.25) is 0 Å². The van der Waals surface area contributed by atoms with Crippen molar-refractivity contribution in [3.8, 4) is 0 Å². The number of hydrogen-bond donors (Lipinski definition) is 2. The van der Waals surface area contributed by atoms with Crippen LogP contribution in [0.2, 0.25) is 0 Å². The average Bonchev–Trinajstić information content (AvgIpc) is 2.97. The Morgan fingerprint density at radius 2 is 1.92 bits per heavy atom. The molecule has 6 nitrogen and oxygen atoms in total. The van der Waals surface area contributed by atoms with Crippen molar-refractivity contribution < 1.29 is 9.53 Å². The summed E-state index contributed by atoms with van der Waals surface area (Å²) in [6, 6.07) is 0.627. The Kier molecular flexibility index (Phi) is 11.5. The predicted octanol–water partition coefficient (Wildman–Crippen LogP) is 3.75. The normalized spacial score (nSPS) is 16.8. The van der Waals surface area contributed by atoms with Crippen molar-refractivity contribution in [2.45, 2.75) is 84.4 Å². The molecule has 1 saturated carbocycles. The molecule has 0 aromatic rings. The number of aliphatic imine (C=N–C) groups is 1. The van der Waals surface area contributed by atoms with Gasteiger partial charge in [-0.2, -0.15) is 0 Å². The second-order valence-corrected chi connectivity index (χ2v) is 7.62. The number of halogens is 1. The first kappa shape index (κ1) is 24.3. The van der Waals surface area contributed by atoms with E-state index in [1.807, 2.05) is 27.7 Å². The standard InChI is InChI=1S/C18H36N4O2.HI/c1-7-19-16(21-15-10-8-9-11-15)20-13-12-14(2)22(6)17(23)24-18(3,4)5;/h14-15H,7-13H2,1-6H3,(H2,19,20,21);1H. The van der Waals surface area contributed by atoms with Gasteiger partial charge in [-0.1, -0.05) is 12.8 Å².